The standard InChI is InChI=1S/C23H23N/c1-22(18-12-6-4-7-13-18)20-16-10-11-17-21(20)23(2,24(22)3)19-14-8-5-9-15-19/h4-17H,1-3H3. The van der Waals surface area contributed by atoms with Gasteiger partial charge in [-0.15, -0.1) is 0 Å². The van der Waals surface area contributed by atoms with Crippen molar-refractivity contribution in [3.05, 3.63) is 107 Å². The van der Waals surface area contributed by atoms with Crippen LogP contribution < -0.4 is 0 Å². The maximum absolute atomic E-state index is 2.52. The smallest absolute Gasteiger partial charge is 0.0697 e. The average molecular weight is 313 g/mol. The fourth-order valence-corrected chi connectivity index (χ4v) is 4.36. The molecule has 0 fully saturated rings. The molecular weight excluding hydrogens is 290 g/mol. The summed E-state index contributed by atoms with van der Waals surface area (Å²) in [7, 11) is 2.25. The molecule has 0 radical (unpaired) electrons. The van der Waals surface area contributed by atoms with Crippen molar-refractivity contribution in [3.63, 3.8) is 0 Å². The molecule has 1 aliphatic heterocycles. The van der Waals surface area contributed by atoms with Crippen molar-refractivity contribution in [2.45, 2.75) is 24.9 Å². The zero-order valence-corrected chi connectivity index (χ0v) is 14.5. The number of hydrogen-bond donors (Lipinski definition) is 0. The molecule has 1 heteroatoms. The van der Waals surface area contributed by atoms with Crippen LogP contribution in [0.15, 0.2) is 84.9 Å². The molecule has 3 aromatic carbocycles. The molecule has 2 atom stereocenters. The van der Waals surface area contributed by atoms with E-state index in [9.17, 15) is 0 Å². The van der Waals surface area contributed by atoms with Crippen LogP contribution in [0.4, 0.5) is 0 Å². The Kier molecular flexibility index (Phi) is 3.36. The number of rotatable bonds is 2. The largest absolute Gasteiger partial charge is 0.279 e. The molecule has 0 saturated heterocycles. The van der Waals surface area contributed by atoms with E-state index in [1.807, 2.05) is 0 Å². The third kappa shape index (κ3) is 1.85. The molecule has 0 bridgehead atoms. The van der Waals surface area contributed by atoms with Crippen LogP contribution in [0.25, 0.3) is 0 Å². The highest BCUT2D eigenvalue weighted by Crippen LogP contribution is 2.54. The van der Waals surface area contributed by atoms with E-state index < -0.39 is 0 Å². The molecule has 4 rings (SSSR count). The lowest BCUT2D eigenvalue weighted by molar-refractivity contribution is 0.103. The minimum Gasteiger partial charge on any atom is -0.279 e. The molecule has 24 heavy (non-hydrogen) atoms. The van der Waals surface area contributed by atoms with E-state index in [1.54, 1.807) is 0 Å². The van der Waals surface area contributed by atoms with Gasteiger partial charge in [0.25, 0.3) is 0 Å². The highest BCUT2D eigenvalue weighted by Gasteiger charge is 2.53. The average Bonchev–Trinajstić information content (AvgIpc) is 2.84. The second-order valence-corrected chi connectivity index (χ2v) is 6.98. The number of benzene rings is 3. The summed E-state index contributed by atoms with van der Waals surface area (Å²) >= 11 is 0. The van der Waals surface area contributed by atoms with Gasteiger partial charge in [0.05, 0.1) is 11.1 Å². The lowest BCUT2D eigenvalue weighted by Crippen LogP contribution is -2.46. The summed E-state index contributed by atoms with van der Waals surface area (Å²) in [6.07, 6.45) is 0. The molecule has 0 saturated carbocycles. The molecule has 0 spiro atoms. The van der Waals surface area contributed by atoms with Crippen molar-refractivity contribution in [2.24, 2.45) is 0 Å². The second kappa shape index (κ2) is 5.32. The molecule has 1 aliphatic rings. The van der Waals surface area contributed by atoms with Gasteiger partial charge < -0.3 is 0 Å². The van der Waals surface area contributed by atoms with Crippen molar-refractivity contribution in [2.75, 3.05) is 7.05 Å². The SMILES string of the molecule is CN1C(C)(c2ccccc2)c2ccccc2C1(C)c1ccccc1. The van der Waals surface area contributed by atoms with E-state index in [4.69, 9.17) is 0 Å². The molecule has 0 aromatic heterocycles. The van der Waals surface area contributed by atoms with Crippen molar-refractivity contribution >= 4 is 0 Å². The zero-order valence-electron chi connectivity index (χ0n) is 14.5. The van der Waals surface area contributed by atoms with Gasteiger partial charge in [0.15, 0.2) is 0 Å². The quantitative estimate of drug-likeness (QED) is 0.632. The Hall–Kier alpha value is -2.38. The fraction of sp³-hybridized carbons (Fsp3) is 0.217. The van der Waals surface area contributed by atoms with E-state index in [-0.39, 0.29) is 11.1 Å². The molecule has 0 N–H and O–H groups in total. The van der Waals surface area contributed by atoms with Gasteiger partial charge in [-0.05, 0) is 43.1 Å². The van der Waals surface area contributed by atoms with Crippen molar-refractivity contribution < 1.29 is 0 Å². The first kappa shape index (κ1) is 15.2. The predicted molar refractivity (Wildman–Crippen MR) is 100.0 cm³/mol. The van der Waals surface area contributed by atoms with Crippen LogP contribution in [-0.2, 0) is 11.1 Å². The highest BCUT2D eigenvalue weighted by molar-refractivity contribution is 5.54. The van der Waals surface area contributed by atoms with Gasteiger partial charge in [-0.3, -0.25) is 4.90 Å². The van der Waals surface area contributed by atoms with Gasteiger partial charge in [0.1, 0.15) is 0 Å². The molecule has 2 unspecified atom stereocenters. The van der Waals surface area contributed by atoms with Crippen LogP contribution in [0.1, 0.15) is 36.1 Å². The summed E-state index contributed by atoms with van der Waals surface area (Å²) in [6, 6.07) is 30.6. The van der Waals surface area contributed by atoms with Crippen LogP contribution in [0.5, 0.6) is 0 Å². The molecular formula is C23H23N. The molecule has 0 aliphatic carbocycles. The van der Waals surface area contributed by atoms with E-state index in [0.29, 0.717) is 0 Å². The van der Waals surface area contributed by atoms with E-state index in [0.717, 1.165) is 0 Å². The Morgan fingerprint density at radius 2 is 0.875 bits per heavy atom. The fourth-order valence-electron chi connectivity index (χ4n) is 4.36. The van der Waals surface area contributed by atoms with E-state index in [2.05, 4.69) is 111 Å². The lowest BCUT2D eigenvalue weighted by Gasteiger charge is -2.42. The molecule has 120 valence electrons. The number of hydrogen-bond acceptors (Lipinski definition) is 1. The summed E-state index contributed by atoms with van der Waals surface area (Å²) in [6.45, 7) is 4.69. The molecule has 1 nitrogen and oxygen atoms in total. The monoisotopic (exact) mass is 313 g/mol. The molecule has 3 aromatic rings. The molecule has 1 heterocycles. The number of fused-ring (bicyclic) bond motifs is 1. The Labute approximate surface area is 144 Å². The van der Waals surface area contributed by atoms with Gasteiger partial charge in [-0.2, -0.15) is 0 Å². The minimum absolute atomic E-state index is 0.150. The zero-order chi connectivity index (χ0) is 16.8. The van der Waals surface area contributed by atoms with Gasteiger partial charge in [0.2, 0.25) is 0 Å². The summed E-state index contributed by atoms with van der Waals surface area (Å²) in [4.78, 5) is 2.52. The van der Waals surface area contributed by atoms with Crippen molar-refractivity contribution in [1.29, 1.82) is 0 Å². The topological polar surface area (TPSA) is 3.24 Å². The summed E-state index contributed by atoms with van der Waals surface area (Å²) in [5, 5.41) is 0. The normalized spacial score (nSPS) is 26.3. The van der Waals surface area contributed by atoms with Crippen LogP contribution in [0, 0.1) is 0 Å². The second-order valence-electron chi connectivity index (χ2n) is 6.98. The van der Waals surface area contributed by atoms with Gasteiger partial charge in [-0.25, -0.2) is 0 Å². The van der Waals surface area contributed by atoms with Crippen LogP contribution in [0.3, 0.4) is 0 Å². The van der Waals surface area contributed by atoms with Crippen LogP contribution in [-0.4, -0.2) is 11.9 Å². The van der Waals surface area contributed by atoms with Gasteiger partial charge in [-0.1, -0.05) is 84.9 Å². The van der Waals surface area contributed by atoms with Gasteiger partial charge in [0, 0.05) is 0 Å². The highest BCUT2D eigenvalue weighted by atomic mass is 15.3. The van der Waals surface area contributed by atoms with Crippen LogP contribution >= 0.6 is 0 Å². The van der Waals surface area contributed by atoms with Crippen molar-refractivity contribution in [1.82, 2.24) is 4.90 Å². The van der Waals surface area contributed by atoms with Crippen LogP contribution in [0.2, 0.25) is 0 Å². The first-order valence-electron chi connectivity index (χ1n) is 8.54. The Morgan fingerprint density at radius 3 is 1.25 bits per heavy atom. The maximum Gasteiger partial charge on any atom is 0.0697 e. The summed E-state index contributed by atoms with van der Waals surface area (Å²) < 4.78 is 0. The minimum atomic E-state index is -0.150. The predicted octanol–water partition coefficient (Wildman–Crippen LogP) is 5.16. The van der Waals surface area contributed by atoms with E-state index in [1.165, 1.54) is 22.3 Å². The molecule has 0 amide bonds. The maximum atomic E-state index is 2.52. The van der Waals surface area contributed by atoms with Gasteiger partial charge >= 0.3 is 0 Å². The Bertz CT molecular complexity index is 783. The number of nitrogens with zero attached hydrogens (tertiary/aromatic N) is 1. The first-order valence-corrected chi connectivity index (χ1v) is 8.54. The third-order valence-corrected chi connectivity index (χ3v) is 5.99. The lowest BCUT2D eigenvalue weighted by atomic mass is 9.83. The first-order chi connectivity index (χ1) is 11.6. The Morgan fingerprint density at radius 1 is 0.542 bits per heavy atom. The summed E-state index contributed by atoms with van der Waals surface area (Å²) in [5.74, 6) is 0. The summed E-state index contributed by atoms with van der Waals surface area (Å²) in [5.41, 5.74) is 5.15. The van der Waals surface area contributed by atoms with Crippen molar-refractivity contribution in [3.8, 4) is 0 Å². The third-order valence-electron chi connectivity index (χ3n) is 5.99. The van der Waals surface area contributed by atoms with E-state index >= 15 is 0 Å². The Balaban J connectivity index is 2.01.